The minimum absolute atomic E-state index is 0.267. The van der Waals surface area contributed by atoms with Gasteiger partial charge in [0.1, 0.15) is 5.75 Å². The van der Waals surface area contributed by atoms with Gasteiger partial charge in [0.25, 0.3) is 0 Å². The van der Waals surface area contributed by atoms with E-state index in [1.165, 1.54) is 17.5 Å². The van der Waals surface area contributed by atoms with Gasteiger partial charge in [-0.15, -0.1) is 0 Å². The van der Waals surface area contributed by atoms with E-state index >= 15 is 0 Å². The number of aromatic hydroxyl groups is 1. The molecule has 2 aromatic rings. The Labute approximate surface area is 161 Å². The van der Waals surface area contributed by atoms with Crippen LogP contribution in [-0.2, 0) is 24.3 Å². The Balaban J connectivity index is 1.35. The number of phenolic OH excluding ortho intramolecular Hbond substituents is 1. The molecule has 1 amide bonds. The summed E-state index contributed by atoms with van der Waals surface area (Å²) in [7, 11) is 0. The van der Waals surface area contributed by atoms with Gasteiger partial charge in [0.2, 0.25) is 5.91 Å². The van der Waals surface area contributed by atoms with Gasteiger partial charge >= 0.3 is 0 Å². The molecule has 1 N–H and O–H groups in total. The van der Waals surface area contributed by atoms with E-state index in [1.807, 2.05) is 12.1 Å². The quantitative estimate of drug-likeness (QED) is 0.879. The lowest BCUT2D eigenvalue weighted by molar-refractivity contribution is -0.136. The summed E-state index contributed by atoms with van der Waals surface area (Å²) in [5, 5.41) is 9.65. The average Bonchev–Trinajstić information content (AvgIpc) is 3.09. The van der Waals surface area contributed by atoms with Crippen LogP contribution in [0.2, 0.25) is 0 Å². The lowest BCUT2D eigenvalue weighted by atomic mass is 9.95. The van der Waals surface area contributed by atoms with Crippen molar-refractivity contribution in [2.75, 3.05) is 13.1 Å². The van der Waals surface area contributed by atoms with Crippen LogP contribution >= 0.6 is 0 Å². The standard InChI is InChI=1S/C23H28N2O2/c26-22-10-5-6-18(14-22)11-12-21-9-3-4-13-25(21)23(27)17-24-15-19-7-1-2-8-20(19)16-24/h1-2,5-8,10,14,21,26H,3-4,9,11-13,15-17H2. The van der Waals surface area contributed by atoms with E-state index in [4.69, 9.17) is 0 Å². The predicted octanol–water partition coefficient (Wildman–Crippen LogP) is 3.72. The van der Waals surface area contributed by atoms with E-state index in [2.05, 4.69) is 40.1 Å². The number of hydrogen-bond acceptors (Lipinski definition) is 3. The summed E-state index contributed by atoms with van der Waals surface area (Å²) in [6, 6.07) is 16.3. The van der Waals surface area contributed by atoms with Crippen LogP contribution in [0.4, 0.5) is 0 Å². The second-order valence-electron chi connectivity index (χ2n) is 7.86. The number of nitrogens with zero attached hydrogens (tertiary/aromatic N) is 2. The Morgan fingerprint density at radius 3 is 2.56 bits per heavy atom. The van der Waals surface area contributed by atoms with E-state index in [-0.39, 0.29) is 5.91 Å². The molecule has 4 heteroatoms. The zero-order valence-electron chi connectivity index (χ0n) is 15.8. The normalized spacial score (nSPS) is 19.9. The third-order valence-electron chi connectivity index (χ3n) is 5.89. The highest BCUT2D eigenvalue weighted by molar-refractivity contribution is 5.78. The van der Waals surface area contributed by atoms with Crippen LogP contribution in [-0.4, -0.2) is 39.9 Å². The average molecular weight is 364 g/mol. The Hall–Kier alpha value is -2.33. The molecule has 2 aliphatic rings. The van der Waals surface area contributed by atoms with Crippen LogP contribution in [0.5, 0.6) is 5.75 Å². The number of amides is 1. The summed E-state index contributed by atoms with van der Waals surface area (Å²) in [6.45, 7) is 3.15. The van der Waals surface area contributed by atoms with Crippen molar-refractivity contribution in [3.8, 4) is 5.75 Å². The molecule has 4 nitrogen and oxygen atoms in total. The van der Waals surface area contributed by atoms with Crippen molar-refractivity contribution in [2.45, 2.75) is 51.2 Å². The Morgan fingerprint density at radius 1 is 1.04 bits per heavy atom. The summed E-state index contributed by atoms with van der Waals surface area (Å²) in [5.74, 6) is 0.584. The monoisotopic (exact) mass is 364 g/mol. The highest BCUT2D eigenvalue weighted by atomic mass is 16.3. The smallest absolute Gasteiger partial charge is 0.237 e. The van der Waals surface area contributed by atoms with Crippen molar-refractivity contribution in [3.63, 3.8) is 0 Å². The minimum Gasteiger partial charge on any atom is -0.508 e. The van der Waals surface area contributed by atoms with Crippen LogP contribution in [0.25, 0.3) is 0 Å². The first-order valence-corrected chi connectivity index (χ1v) is 10.1. The molecular formula is C23H28N2O2. The molecule has 2 aliphatic heterocycles. The fraction of sp³-hybridized carbons (Fsp3) is 0.435. The summed E-state index contributed by atoms with van der Waals surface area (Å²) < 4.78 is 0. The van der Waals surface area contributed by atoms with E-state index in [9.17, 15) is 9.90 Å². The van der Waals surface area contributed by atoms with E-state index in [1.54, 1.807) is 6.07 Å². The first-order valence-electron chi connectivity index (χ1n) is 10.1. The number of piperidine rings is 1. The molecule has 4 rings (SSSR count). The Morgan fingerprint density at radius 2 is 1.81 bits per heavy atom. The molecule has 0 saturated carbocycles. The second-order valence-corrected chi connectivity index (χ2v) is 7.86. The molecule has 2 aromatic carbocycles. The van der Waals surface area contributed by atoms with Gasteiger partial charge in [-0.05, 0) is 60.9 Å². The third kappa shape index (κ3) is 4.33. The number of carbonyl (C=O) groups is 1. The van der Waals surface area contributed by atoms with Gasteiger partial charge in [-0.3, -0.25) is 9.69 Å². The summed E-state index contributed by atoms with van der Waals surface area (Å²) in [4.78, 5) is 17.4. The molecule has 27 heavy (non-hydrogen) atoms. The van der Waals surface area contributed by atoms with Gasteiger partial charge in [0.15, 0.2) is 0 Å². The van der Waals surface area contributed by atoms with E-state index in [0.29, 0.717) is 18.3 Å². The van der Waals surface area contributed by atoms with Gasteiger partial charge < -0.3 is 10.0 Å². The van der Waals surface area contributed by atoms with Crippen LogP contribution in [0, 0.1) is 0 Å². The topological polar surface area (TPSA) is 43.8 Å². The maximum Gasteiger partial charge on any atom is 0.237 e. The molecular weight excluding hydrogens is 336 g/mol. The number of hydrogen-bond donors (Lipinski definition) is 1. The number of aryl methyl sites for hydroxylation is 1. The molecule has 1 fully saturated rings. The molecule has 1 saturated heterocycles. The minimum atomic E-state index is 0.267. The molecule has 2 heterocycles. The largest absolute Gasteiger partial charge is 0.508 e. The van der Waals surface area contributed by atoms with Gasteiger partial charge in [-0.2, -0.15) is 0 Å². The summed E-state index contributed by atoms with van der Waals surface area (Å²) >= 11 is 0. The van der Waals surface area contributed by atoms with E-state index in [0.717, 1.165) is 50.9 Å². The van der Waals surface area contributed by atoms with Crippen molar-refractivity contribution in [3.05, 3.63) is 65.2 Å². The zero-order chi connectivity index (χ0) is 18.6. The maximum atomic E-state index is 13.0. The molecule has 1 unspecified atom stereocenters. The van der Waals surface area contributed by atoms with Gasteiger partial charge in [-0.1, -0.05) is 36.4 Å². The van der Waals surface area contributed by atoms with Crippen molar-refractivity contribution in [1.82, 2.24) is 9.80 Å². The van der Waals surface area contributed by atoms with Crippen LogP contribution in [0.15, 0.2) is 48.5 Å². The summed E-state index contributed by atoms with van der Waals surface area (Å²) in [6.07, 6.45) is 5.26. The predicted molar refractivity (Wildman–Crippen MR) is 106 cm³/mol. The highest BCUT2D eigenvalue weighted by Crippen LogP contribution is 2.25. The number of benzene rings is 2. The van der Waals surface area contributed by atoms with E-state index < -0.39 is 0 Å². The fourth-order valence-corrected chi connectivity index (χ4v) is 4.47. The van der Waals surface area contributed by atoms with Crippen molar-refractivity contribution >= 4 is 5.91 Å². The molecule has 142 valence electrons. The molecule has 1 atom stereocenters. The Kier molecular flexibility index (Phi) is 5.44. The third-order valence-corrected chi connectivity index (χ3v) is 5.89. The number of carbonyl (C=O) groups excluding carboxylic acids is 1. The number of fused-ring (bicyclic) bond motifs is 1. The maximum absolute atomic E-state index is 13.0. The van der Waals surface area contributed by atoms with Crippen molar-refractivity contribution in [2.24, 2.45) is 0 Å². The van der Waals surface area contributed by atoms with Crippen molar-refractivity contribution in [1.29, 1.82) is 0 Å². The van der Waals surface area contributed by atoms with Crippen LogP contribution in [0.1, 0.15) is 42.4 Å². The molecule has 0 spiro atoms. The van der Waals surface area contributed by atoms with Gasteiger partial charge in [0.05, 0.1) is 6.54 Å². The number of rotatable bonds is 5. The Bertz CT molecular complexity index is 779. The summed E-state index contributed by atoms with van der Waals surface area (Å²) in [5.41, 5.74) is 3.84. The zero-order valence-corrected chi connectivity index (χ0v) is 15.8. The number of phenols is 1. The van der Waals surface area contributed by atoms with Gasteiger partial charge in [-0.25, -0.2) is 0 Å². The van der Waals surface area contributed by atoms with Crippen molar-refractivity contribution < 1.29 is 9.90 Å². The number of likely N-dealkylation sites (tertiary alicyclic amines) is 1. The second kappa shape index (κ2) is 8.13. The van der Waals surface area contributed by atoms with Crippen LogP contribution < -0.4 is 0 Å². The van der Waals surface area contributed by atoms with Crippen LogP contribution in [0.3, 0.4) is 0 Å². The molecule has 0 aromatic heterocycles. The lowest BCUT2D eigenvalue weighted by Crippen LogP contribution is -2.47. The lowest BCUT2D eigenvalue weighted by Gasteiger charge is -2.37. The first-order chi connectivity index (χ1) is 13.2. The SMILES string of the molecule is O=C(CN1Cc2ccccc2C1)N1CCCCC1CCc1cccc(O)c1. The highest BCUT2D eigenvalue weighted by Gasteiger charge is 2.29. The first kappa shape index (κ1) is 18.1. The molecule has 0 radical (unpaired) electrons. The molecule has 0 bridgehead atoms. The molecule has 0 aliphatic carbocycles. The van der Waals surface area contributed by atoms with Gasteiger partial charge in [0, 0.05) is 25.7 Å². The fourth-order valence-electron chi connectivity index (χ4n) is 4.47.